The van der Waals surface area contributed by atoms with Gasteiger partial charge >= 0.3 is 0 Å². The molecule has 1 amide bonds. The van der Waals surface area contributed by atoms with Gasteiger partial charge in [0.05, 0.1) is 0 Å². The summed E-state index contributed by atoms with van der Waals surface area (Å²) in [5, 5.41) is 0. The second-order valence-electron chi connectivity index (χ2n) is 6.30. The SMILES string of the molecule is Cc1ccc(C)c(OCC(=O)N2CC(C)CC(C)C2)c1. The molecule has 0 spiro atoms. The van der Waals surface area contributed by atoms with Crippen LogP contribution in [0.3, 0.4) is 0 Å². The zero-order chi connectivity index (χ0) is 14.7. The molecule has 3 nitrogen and oxygen atoms in total. The molecular formula is C17H25NO2. The largest absolute Gasteiger partial charge is 0.483 e. The van der Waals surface area contributed by atoms with Crippen LogP contribution < -0.4 is 4.74 Å². The van der Waals surface area contributed by atoms with Crippen molar-refractivity contribution in [2.75, 3.05) is 19.7 Å². The molecule has 0 aliphatic carbocycles. The summed E-state index contributed by atoms with van der Waals surface area (Å²) in [6.07, 6.45) is 1.21. The Hall–Kier alpha value is -1.51. The van der Waals surface area contributed by atoms with E-state index < -0.39 is 0 Å². The van der Waals surface area contributed by atoms with E-state index in [0.29, 0.717) is 11.8 Å². The van der Waals surface area contributed by atoms with Crippen LogP contribution in [0.15, 0.2) is 18.2 Å². The average molecular weight is 275 g/mol. The average Bonchev–Trinajstić information content (AvgIpc) is 2.38. The van der Waals surface area contributed by atoms with Crippen LogP contribution in [0, 0.1) is 25.7 Å². The second kappa shape index (κ2) is 6.29. The van der Waals surface area contributed by atoms with Gasteiger partial charge in [-0.3, -0.25) is 4.79 Å². The van der Waals surface area contributed by atoms with Crippen LogP contribution in [0.25, 0.3) is 0 Å². The molecule has 0 bridgehead atoms. The Bertz CT molecular complexity index is 474. The predicted molar refractivity (Wildman–Crippen MR) is 80.9 cm³/mol. The predicted octanol–water partition coefficient (Wildman–Crippen LogP) is 3.19. The molecule has 2 atom stereocenters. The minimum Gasteiger partial charge on any atom is -0.483 e. The van der Waals surface area contributed by atoms with Gasteiger partial charge in [-0.25, -0.2) is 0 Å². The van der Waals surface area contributed by atoms with Crippen molar-refractivity contribution < 1.29 is 9.53 Å². The second-order valence-corrected chi connectivity index (χ2v) is 6.30. The Kier molecular flexibility index (Phi) is 4.69. The molecular weight excluding hydrogens is 250 g/mol. The number of carbonyl (C=O) groups excluding carboxylic acids is 1. The van der Waals surface area contributed by atoms with E-state index in [1.807, 2.05) is 30.9 Å². The smallest absolute Gasteiger partial charge is 0.260 e. The minimum absolute atomic E-state index is 0.101. The molecule has 1 aliphatic rings. The quantitative estimate of drug-likeness (QED) is 0.848. The lowest BCUT2D eigenvalue weighted by atomic mass is 9.92. The number of amides is 1. The van der Waals surface area contributed by atoms with E-state index in [-0.39, 0.29) is 12.5 Å². The van der Waals surface area contributed by atoms with E-state index in [1.54, 1.807) is 0 Å². The molecule has 1 heterocycles. The standard InChI is InChI=1S/C17H25NO2/c1-12-5-6-15(4)16(8-12)20-11-17(19)18-9-13(2)7-14(3)10-18/h5-6,8,13-14H,7,9-11H2,1-4H3. The Balaban J connectivity index is 1.93. The van der Waals surface area contributed by atoms with E-state index in [9.17, 15) is 4.79 Å². The van der Waals surface area contributed by atoms with Crippen molar-refractivity contribution in [2.24, 2.45) is 11.8 Å². The van der Waals surface area contributed by atoms with Gasteiger partial charge in [-0.1, -0.05) is 26.0 Å². The monoisotopic (exact) mass is 275 g/mol. The third-order valence-corrected chi connectivity index (χ3v) is 3.92. The maximum absolute atomic E-state index is 12.3. The van der Waals surface area contributed by atoms with Crippen LogP contribution in [0.2, 0.25) is 0 Å². The van der Waals surface area contributed by atoms with E-state index in [0.717, 1.165) is 30.0 Å². The summed E-state index contributed by atoms with van der Waals surface area (Å²) in [6, 6.07) is 6.07. The van der Waals surface area contributed by atoms with Gasteiger partial charge in [0.25, 0.3) is 5.91 Å². The molecule has 1 saturated heterocycles. The first-order valence-corrected chi connectivity index (χ1v) is 7.43. The first kappa shape index (κ1) is 14.9. The summed E-state index contributed by atoms with van der Waals surface area (Å²) in [4.78, 5) is 14.2. The lowest BCUT2D eigenvalue weighted by Gasteiger charge is -2.34. The molecule has 0 radical (unpaired) electrons. The van der Waals surface area contributed by atoms with Gasteiger partial charge in [-0.2, -0.15) is 0 Å². The molecule has 1 fully saturated rings. The fourth-order valence-corrected chi connectivity index (χ4v) is 2.96. The van der Waals surface area contributed by atoms with Gasteiger partial charge in [0, 0.05) is 13.1 Å². The topological polar surface area (TPSA) is 29.5 Å². The number of benzene rings is 1. The Labute approximate surface area is 121 Å². The van der Waals surface area contributed by atoms with Gasteiger partial charge < -0.3 is 9.64 Å². The van der Waals surface area contributed by atoms with Crippen LogP contribution in [-0.4, -0.2) is 30.5 Å². The third-order valence-electron chi connectivity index (χ3n) is 3.92. The van der Waals surface area contributed by atoms with E-state index >= 15 is 0 Å². The first-order valence-electron chi connectivity index (χ1n) is 7.43. The first-order chi connectivity index (χ1) is 9.45. The molecule has 0 aromatic heterocycles. The van der Waals surface area contributed by atoms with Crippen molar-refractivity contribution in [3.63, 3.8) is 0 Å². The Morgan fingerprint density at radius 3 is 2.55 bits per heavy atom. The zero-order valence-electron chi connectivity index (χ0n) is 13.0. The number of carbonyl (C=O) groups is 1. The van der Waals surface area contributed by atoms with Crippen LogP contribution in [0.5, 0.6) is 5.75 Å². The van der Waals surface area contributed by atoms with Crippen LogP contribution in [-0.2, 0) is 4.79 Å². The number of ether oxygens (including phenoxy) is 1. The number of nitrogens with zero attached hydrogens (tertiary/aromatic N) is 1. The summed E-state index contributed by atoms with van der Waals surface area (Å²) in [5.74, 6) is 2.09. The van der Waals surface area contributed by atoms with Gasteiger partial charge in [-0.15, -0.1) is 0 Å². The molecule has 1 aromatic rings. The van der Waals surface area contributed by atoms with E-state index in [1.165, 1.54) is 6.42 Å². The lowest BCUT2D eigenvalue weighted by molar-refractivity contribution is -0.136. The number of aryl methyl sites for hydroxylation is 2. The van der Waals surface area contributed by atoms with Crippen molar-refractivity contribution in [3.05, 3.63) is 29.3 Å². The fourth-order valence-electron chi connectivity index (χ4n) is 2.96. The highest BCUT2D eigenvalue weighted by atomic mass is 16.5. The van der Waals surface area contributed by atoms with Gasteiger partial charge in [-0.05, 0) is 49.3 Å². The molecule has 20 heavy (non-hydrogen) atoms. The molecule has 1 aromatic carbocycles. The summed E-state index contributed by atoms with van der Waals surface area (Å²) in [6.45, 7) is 10.3. The molecule has 1 aliphatic heterocycles. The van der Waals surface area contributed by atoms with Crippen molar-refractivity contribution in [1.29, 1.82) is 0 Å². The van der Waals surface area contributed by atoms with Crippen LogP contribution in [0.4, 0.5) is 0 Å². The Morgan fingerprint density at radius 1 is 1.25 bits per heavy atom. The van der Waals surface area contributed by atoms with Crippen molar-refractivity contribution in [1.82, 2.24) is 4.90 Å². The Morgan fingerprint density at radius 2 is 1.90 bits per heavy atom. The van der Waals surface area contributed by atoms with Gasteiger partial charge in [0.1, 0.15) is 5.75 Å². The van der Waals surface area contributed by atoms with Crippen molar-refractivity contribution in [3.8, 4) is 5.75 Å². The van der Waals surface area contributed by atoms with Gasteiger partial charge in [0.15, 0.2) is 6.61 Å². The highest BCUT2D eigenvalue weighted by Crippen LogP contribution is 2.22. The highest BCUT2D eigenvalue weighted by Gasteiger charge is 2.25. The number of likely N-dealkylation sites (tertiary alicyclic amines) is 1. The summed E-state index contributed by atoms with van der Waals surface area (Å²) in [7, 11) is 0. The number of rotatable bonds is 3. The minimum atomic E-state index is 0.101. The molecule has 2 unspecified atom stereocenters. The molecule has 0 saturated carbocycles. The molecule has 110 valence electrons. The summed E-state index contributed by atoms with van der Waals surface area (Å²) >= 11 is 0. The van der Waals surface area contributed by atoms with E-state index in [2.05, 4.69) is 19.9 Å². The lowest BCUT2D eigenvalue weighted by Crippen LogP contribution is -2.44. The van der Waals surface area contributed by atoms with Gasteiger partial charge in [0.2, 0.25) is 0 Å². The molecule has 2 rings (SSSR count). The summed E-state index contributed by atoms with van der Waals surface area (Å²) in [5.41, 5.74) is 2.22. The number of hydrogen-bond acceptors (Lipinski definition) is 2. The van der Waals surface area contributed by atoms with Crippen molar-refractivity contribution in [2.45, 2.75) is 34.1 Å². The number of piperidine rings is 1. The third kappa shape index (κ3) is 3.75. The maximum atomic E-state index is 12.3. The fraction of sp³-hybridized carbons (Fsp3) is 0.588. The normalized spacial score (nSPS) is 22.7. The van der Waals surface area contributed by atoms with E-state index in [4.69, 9.17) is 4.74 Å². The maximum Gasteiger partial charge on any atom is 0.260 e. The molecule has 0 N–H and O–H groups in total. The number of hydrogen-bond donors (Lipinski definition) is 0. The zero-order valence-corrected chi connectivity index (χ0v) is 13.0. The van der Waals surface area contributed by atoms with Crippen LogP contribution in [0.1, 0.15) is 31.4 Å². The summed E-state index contributed by atoms with van der Waals surface area (Å²) < 4.78 is 5.71. The van der Waals surface area contributed by atoms with Crippen LogP contribution >= 0.6 is 0 Å². The van der Waals surface area contributed by atoms with Crippen molar-refractivity contribution >= 4 is 5.91 Å². The highest BCUT2D eigenvalue weighted by molar-refractivity contribution is 5.78. The molecule has 3 heteroatoms.